The molecular weight excluding hydrogens is 212 g/mol. The van der Waals surface area contributed by atoms with E-state index in [-0.39, 0.29) is 6.04 Å². The van der Waals surface area contributed by atoms with E-state index in [0.29, 0.717) is 0 Å². The van der Waals surface area contributed by atoms with Crippen molar-refractivity contribution >= 4 is 0 Å². The summed E-state index contributed by atoms with van der Waals surface area (Å²) in [5, 5.41) is 8.00. The highest BCUT2D eigenvalue weighted by atomic mass is 15.4. The van der Waals surface area contributed by atoms with Crippen molar-refractivity contribution in [3.63, 3.8) is 0 Å². The van der Waals surface area contributed by atoms with Crippen molar-refractivity contribution in [2.24, 2.45) is 5.73 Å². The summed E-state index contributed by atoms with van der Waals surface area (Å²) < 4.78 is 1.88. The van der Waals surface area contributed by atoms with Crippen molar-refractivity contribution in [1.29, 1.82) is 0 Å². The zero-order valence-corrected chi connectivity index (χ0v) is 10.3. The van der Waals surface area contributed by atoms with E-state index in [9.17, 15) is 0 Å². The van der Waals surface area contributed by atoms with E-state index in [0.717, 1.165) is 24.2 Å². The first-order valence-corrected chi connectivity index (χ1v) is 5.93. The van der Waals surface area contributed by atoms with Crippen LogP contribution >= 0.6 is 0 Å². The molecule has 0 radical (unpaired) electrons. The first-order chi connectivity index (χ1) is 8.22. The highest BCUT2D eigenvalue weighted by molar-refractivity contribution is 5.29. The number of benzene rings is 1. The van der Waals surface area contributed by atoms with Crippen LogP contribution in [0.15, 0.2) is 30.5 Å². The molecule has 0 fully saturated rings. The van der Waals surface area contributed by atoms with Crippen LogP contribution in [-0.2, 0) is 6.54 Å². The fourth-order valence-corrected chi connectivity index (χ4v) is 1.93. The number of hydrogen-bond donors (Lipinski definition) is 1. The van der Waals surface area contributed by atoms with Gasteiger partial charge in [-0.15, -0.1) is 5.10 Å². The second kappa shape index (κ2) is 5.10. The smallest absolute Gasteiger partial charge is 0.0799 e. The maximum Gasteiger partial charge on any atom is 0.0799 e. The molecule has 1 aromatic carbocycles. The lowest BCUT2D eigenvalue weighted by molar-refractivity contribution is 0.543. The number of aromatic nitrogens is 3. The Hall–Kier alpha value is -1.68. The molecule has 0 aliphatic carbocycles. The van der Waals surface area contributed by atoms with Crippen LogP contribution in [0.5, 0.6) is 0 Å². The van der Waals surface area contributed by atoms with Crippen LogP contribution in [0.3, 0.4) is 0 Å². The van der Waals surface area contributed by atoms with E-state index in [1.54, 1.807) is 6.20 Å². The fourth-order valence-electron chi connectivity index (χ4n) is 1.93. The largest absolute Gasteiger partial charge is 0.319 e. The van der Waals surface area contributed by atoms with Crippen LogP contribution in [0.1, 0.15) is 36.2 Å². The van der Waals surface area contributed by atoms with Crippen molar-refractivity contribution in [1.82, 2.24) is 15.0 Å². The molecule has 0 aliphatic rings. The summed E-state index contributed by atoms with van der Waals surface area (Å²) >= 11 is 0. The molecule has 1 unspecified atom stereocenters. The topological polar surface area (TPSA) is 56.7 Å². The van der Waals surface area contributed by atoms with Gasteiger partial charge in [0.25, 0.3) is 0 Å². The van der Waals surface area contributed by atoms with E-state index in [4.69, 9.17) is 5.73 Å². The van der Waals surface area contributed by atoms with Gasteiger partial charge < -0.3 is 5.73 Å². The third kappa shape index (κ3) is 2.53. The lowest BCUT2D eigenvalue weighted by atomic mass is 10.0. The fraction of sp³-hybridized carbons (Fsp3) is 0.385. The third-order valence-electron chi connectivity index (χ3n) is 2.80. The van der Waals surface area contributed by atoms with Crippen LogP contribution in [0.2, 0.25) is 0 Å². The number of aryl methyl sites for hydroxylation is 2. The Bertz CT molecular complexity index is 490. The molecule has 0 spiro atoms. The summed E-state index contributed by atoms with van der Waals surface area (Å²) in [6.45, 7) is 5.04. The molecule has 90 valence electrons. The van der Waals surface area contributed by atoms with Crippen molar-refractivity contribution in [3.8, 4) is 0 Å². The summed E-state index contributed by atoms with van der Waals surface area (Å²) in [5.74, 6) is 0. The van der Waals surface area contributed by atoms with Gasteiger partial charge in [-0.3, -0.25) is 0 Å². The van der Waals surface area contributed by atoms with Gasteiger partial charge >= 0.3 is 0 Å². The van der Waals surface area contributed by atoms with Crippen molar-refractivity contribution in [3.05, 3.63) is 47.3 Å². The second-order valence-corrected chi connectivity index (χ2v) is 4.27. The van der Waals surface area contributed by atoms with Gasteiger partial charge in [0, 0.05) is 6.54 Å². The third-order valence-corrected chi connectivity index (χ3v) is 2.80. The van der Waals surface area contributed by atoms with Crippen molar-refractivity contribution in [2.75, 3.05) is 0 Å². The number of nitrogens with two attached hydrogens (primary N) is 1. The predicted octanol–water partition coefficient (Wildman–Crippen LogP) is 2.04. The highest BCUT2D eigenvalue weighted by Gasteiger charge is 2.14. The Morgan fingerprint density at radius 2 is 2.24 bits per heavy atom. The Morgan fingerprint density at radius 3 is 2.94 bits per heavy atom. The monoisotopic (exact) mass is 230 g/mol. The molecule has 17 heavy (non-hydrogen) atoms. The minimum absolute atomic E-state index is 0.156. The van der Waals surface area contributed by atoms with Gasteiger partial charge in [0.1, 0.15) is 0 Å². The average Bonchev–Trinajstić information content (AvgIpc) is 2.77. The first kappa shape index (κ1) is 11.8. The molecule has 1 aromatic heterocycles. The van der Waals surface area contributed by atoms with Crippen LogP contribution in [0.4, 0.5) is 0 Å². The van der Waals surface area contributed by atoms with E-state index in [1.165, 1.54) is 5.56 Å². The molecule has 4 heteroatoms. The lowest BCUT2D eigenvalue weighted by Gasteiger charge is -2.13. The van der Waals surface area contributed by atoms with Gasteiger partial charge in [-0.25, -0.2) is 4.68 Å². The van der Waals surface area contributed by atoms with Crippen LogP contribution in [-0.4, -0.2) is 15.0 Å². The Kier molecular flexibility index (Phi) is 3.54. The Morgan fingerprint density at radius 1 is 1.41 bits per heavy atom. The summed E-state index contributed by atoms with van der Waals surface area (Å²) in [5.41, 5.74) is 9.55. The van der Waals surface area contributed by atoms with Gasteiger partial charge in [0.05, 0.1) is 17.9 Å². The van der Waals surface area contributed by atoms with Crippen LogP contribution in [0.25, 0.3) is 0 Å². The molecule has 0 saturated heterocycles. The average molecular weight is 230 g/mol. The zero-order valence-electron chi connectivity index (χ0n) is 10.3. The van der Waals surface area contributed by atoms with E-state index >= 15 is 0 Å². The molecule has 1 heterocycles. The summed E-state index contributed by atoms with van der Waals surface area (Å²) in [6, 6.07) is 8.09. The van der Waals surface area contributed by atoms with Gasteiger partial charge in [-0.2, -0.15) is 0 Å². The normalized spacial score (nSPS) is 12.6. The van der Waals surface area contributed by atoms with Gasteiger partial charge in [-0.1, -0.05) is 42.0 Å². The summed E-state index contributed by atoms with van der Waals surface area (Å²) in [7, 11) is 0. The summed E-state index contributed by atoms with van der Waals surface area (Å²) in [6.07, 6.45) is 2.78. The minimum atomic E-state index is -0.156. The van der Waals surface area contributed by atoms with Gasteiger partial charge in [-0.05, 0) is 18.9 Å². The van der Waals surface area contributed by atoms with Gasteiger partial charge in [0.15, 0.2) is 0 Å². The second-order valence-electron chi connectivity index (χ2n) is 4.27. The van der Waals surface area contributed by atoms with Gasteiger partial charge in [0.2, 0.25) is 0 Å². The maximum atomic E-state index is 6.26. The molecule has 4 nitrogen and oxygen atoms in total. The van der Waals surface area contributed by atoms with Crippen LogP contribution in [0, 0.1) is 6.92 Å². The zero-order chi connectivity index (χ0) is 12.3. The van der Waals surface area contributed by atoms with Crippen molar-refractivity contribution in [2.45, 2.75) is 32.9 Å². The molecule has 2 N–H and O–H groups in total. The molecule has 0 saturated carbocycles. The van der Waals surface area contributed by atoms with E-state index < -0.39 is 0 Å². The minimum Gasteiger partial charge on any atom is -0.319 e. The standard InChI is InChI=1S/C13H18N4/c1-3-7-17-12(9-15-16-17)13(14)11-6-4-5-10(2)8-11/h4-6,8-9,13H,3,7,14H2,1-2H3. The Balaban J connectivity index is 2.30. The Labute approximate surface area is 101 Å². The first-order valence-electron chi connectivity index (χ1n) is 5.93. The summed E-state index contributed by atoms with van der Waals surface area (Å²) in [4.78, 5) is 0. The van der Waals surface area contributed by atoms with Crippen molar-refractivity contribution < 1.29 is 0 Å². The SMILES string of the molecule is CCCn1nncc1C(N)c1cccc(C)c1. The number of hydrogen-bond acceptors (Lipinski definition) is 3. The maximum absolute atomic E-state index is 6.26. The van der Waals surface area contributed by atoms with E-state index in [1.807, 2.05) is 16.8 Å². The van der Waals surface area contributed by atoms with E-state index in [2.05, 4.69) is 36.3 Å². The highest BCUT2D eigenvalue weighted by Crippen LogP contribution is 2.19. The molecule has 1 atom stereocenters. The lowest BCUT2D eigenvalue weighted by Crippen LogP contribution is -2.17. The number of rotatable bonds is 4. The molecule has 2 rings (SSSR count). The predicted molar refractivity (Wildman–Crippen MR) is 67.5 cm³/mol. The molecule has 0 bridgehead atoms. The molecule has 2 aromatic rings. The molecule has 0 aliphatic heterocycles. The molecular formula is C13H18N4. The quantitative estimate of drug-likeness (QED) is 0.874. The number of nitrogens with zero attached hydrogens (tertiary/aromatic N) is 3. The van der Waals surface area contributed by atoms with Crippen LogP contribution < -0.4 is 5.73 Å². The molecule has 0 amide bonds.